The normalized spacial score (nSPS) is 16.4. The van der Waals surface area contributed by atoms with Crippen molar-refractivity contribution in [2.75, 3.05) is 32.9 Å². The first kappa shape index (κ1) is 17.5. The molecule has 1 aliphatic rings. The molecule has 1 amide bonds. The zero-order valence-electron chi connectivity index (χ0n) is 14.5. The molecule has 132 valence electrons. The Morgan fingerprint density at radius 2 is 1.88 bits per heavy atom. The molecule has 0 aliphatic carbocycles. The van der Waals surface area contributed by atoms with E-state index < -0.39 is 5.91 Å². The molecule has 0 saturated carbocycles. The van der Waals surface area contributed by atoms with E-state index in [0.717, 1.165) is 37.4 Å². The summed E-state index contributed by atoms with van der Waals surface area (Å²) in [6.45, 7) is 5.68. The van der Waals surface area contributed by atoms with Gasteiger partial charge in [0.05, 0.1) is 13.2 Å². The topological polar surface area (TPSA) is 64.8 Å². The molecule has 1 heterocycles. The van der Waals surface area contributed by atoms with Gasteiger partial charge in [-0.1, -0.05) is 36.4 Å². The number of hydrogen-bond donors (Lipinski definition) is 1. The SMILES string of the molecule is C[C@H](c1ccc(-c2cccc(OCC(N)=O)c2)cc1)N1CCOCC1. The van der Waals surface area contributed by atoms with E-state index in [-0.39, 0.29) is 6.61 Å². The summed E-state index contributed by atoms with van der Waals surface area (Å²) in [6.07, 6.45) is 0. The van der Waals surface area contributed by atoms with Crippen LogP contribution >= 0.6 is 0 Å². The molecule has 2 aromatic carbocycles. The van der Waals surface area contributed by atoms with Gasteiger partial charge >= 0.3 is 0 Å². The third-order valence-corrected chi connectivity index (χ3v) is 4.53. The van der Waals surface area contributed by atoms with E-state index in [9.17, 15) is 4.79 Å². The average Bonchev–Trinajstić information content (AvgIpc) is 2.67. The number of morpholine rings is 1. The molecule has 1 aliphatic heterocycles. The second-order valence-corrected chi connectivity index (χ2v) is 6.23. The van der Waals surface area contributed by atoms with Gasteiger partial charge in [-0.3, -0.25) is 9.69 Å². The monoisotopic (exact) mass is 340 g/mol. The van der Waals surface area contributed by atoms with Gasteiger partial charge in [0.25, 0.3) is 5.91 Å². The van der Waals surface area contributed by atoms with Crippen molar-refractivity contribution in [1.29, 1.82) is 0 Å². The Labute approximate surface area is 148 Å². The highest BCUT2D eigenvalue weighted by Gasteiger charge is 2.18. The van der Waals surface area contributed by atoms with E-state index >= 15 is 0 Å². The van der Waals surface area contributed by atoms with E-state index in [2.05, 4.69) is 36.1 Å². The van der Waals surface area contributed by atoms with Crippen LogP contribution in [0.5, 0.6) is 5.75 Å². The molecule has 2 aromatic rings. The van der Waals surface area contributed by atoms with Crippen LogP contribution in [0.25, 0.3) is 11.1 Å². The van der Waals surface area contributed by atoms with Crippen LogP contribution in [-0.4, -0.2) is 43.7 Å². The lowest BCUT2D eigenvalue weighted by Gasteiger charge is -2.32. The fourth-order valence-electron chi connectivity index (χ4n) is 3.05. The number of nitrogens with zero attached hydrogens (tertiary/aromatic N) is 1. The van der Waals surface area contributed by atoms with Crippen LogP contribution in [-0.2, 0) is 9.53 Å². The number of carbonyl (C=O) groups excluding carboxylic acids is 1. The number of amides is 1. The third-order valence-electron chi connectivity index (χ3n) is 4.53. The van der Waals surface area contributed by atoms with E-state index in [4.69, 9.17) is 15.2 Å². The van der Waals surface area contributed by atoms with Gasteiger partial charge < -0.3 is 15.2 Å². The van der Waals surface area contributed by atoms with Crippen molar-refractivity contribution < 1.29 is 14.3 Å². The Bertz CT molecular complexity index is 709. The molecule has 3 rings (SSSR count). The zero-order valence-corrected chi connectivity index (χ0v) is 14.5. The lowest BCUT2D eigenvalue weighted by Crippen LogP contribution is -2.37. The molecule has 0 spiro atoms. The van der Waals surface area contributed by atoms with Crippen LogP contribution in [0.2, 0.25) is 0 Å². The van der Waals surface area contributed by atoms with Crippen molar-refractivity contribution >= 4 is 5.91 Å². The van der Waals surface area contributed by atoms with Crippen molar-refractivity contribution in [3.8, 4) is 16.9 Å². The van der Waals surface area contributed by atoms with E-state index in [1.165, 1.54) is 5.56 Å². The zero-order chi connectivity index (χ0) is 17.6. The molecule has 1 atom stereocenters. The molecule has 25 heavy (non-hydrogen) atoms. The summed E-state index contributed by atoms with van der Waals surface area (Å²) >= 11 is 0. The summed E-state index contributed by atoms with van der Waals surface area (Å²) in [6, 6.07) is 16.7. The molecular formula is C20H24N2O3. The van der Waals surface area contributed by atoms with Crippen LogP contribution in [0.4, 0.5) is 0 Å². The highest BCUT2D eigenvalue weighted by atomic mass is 16.5. The highest BCUT2D eigenvalue weighted by molar-refractivity contribution is 5.75. The smallest absolute Gasteiger partial charge is 0.255 e. The van der Waals surface area contributed by atoms with Gasteiger partial charge in [0.1, 0.15) is 5.75 Å². The quantitative estimate of drug-likeness (QED) is 0.878. The Kier molecular flexibility index (Phi) is 5.68. The van der Waals surface area contributed by atoms with E-state index in [0.29, 0.717) is 11.8 Å². The maximum atomic E-state index is 10.8. The first-order valence-electron chi connectivity index (χ1n) is 8.57. The molecule has 0 aromatic heterocycles. The Morgan fingerprint density at radius 3 is 2.56 bits per heavy atom. The number of hydrogen-bond acceptors (Lipinski definition) is 4. The van der Waals surface area contributed by atoms with Crippen LogP contribution in [0.1, 0.15) is 18.5 Å². The molecule has 5 heteroatoms. The largest absolute Gasteiger partial charge is 0.484 e. The summed E-state index contributed by atoms with van der Waals surface area (Å²) < 4.78 is 10.8. The first-order valence-corrected chi connectivity index (χ1v) is 8.57. The number of carbonyl (C=O) groups is 1. The number of benzene rings is 2. The molecule has 0 bridgehead atoms. The number of nitrogens with two attached hydrogens (primary N) is 1. The summed E-state index contributed by atoms with van der Waals surface area (Å²) in [5, 5.41) is 0. The number of primary amides is 1. The highest BCUT2D eigenvalue weighted by Crippen LogP contribution is 2.27. The summed E-state index contributed by atoms with van der Waals surface area (Å²) in [5.74, 6) is 0.161. The Morgan fingerprint density at radius 1 is 1.16 bits per heavy atom. The summed E-state index contributed by atoms with van der Waals surface area (Å²) in [7, 11) is 0. The first-order chi connectivity index (χ1) is 12.1. The van der Waals surface area contributed by atoms with Gasteiger partial charge in [0, 0.05) is 19.1 Å². The minimum absolute atomic E-state index is 0.112. The minimum Gasteiger partial charge on any atom is -0.484 e. The minimum atomic E-state index is -0.480. The number of ether oxygens (including phenoxy) is 2. The maximum Gasteiger partial charge on any atom is 0.255 e. The van der Waals surface area contributed by atoms with Crippen molar-refractivity contribution in [1.82, 2.24) is 4.90 Å². The third kappa shape index (κ3) is 4.59. The lowest BCUT2D eigenvalue weighted by molar-refractivity contribution is -0.119. The molecular weight excluding hydrogens is 316 g/mol. The standard InChI is InChI=1S/C20H24N2O3/c1-15(22-9-11-24-12-10-22)16-5-7-17(8-6-16)18-3-2-4-19(13-18)25-14-20(21)23/h2-8,13,15H,9-12,14H2,1H3,(H2,21,23)/t15-/m1/s1. The molecule has 1 saturated heterocycles. The van der Waals surface area contributed by atoms with Crippen molar-refractivity contribution in [3.05, 3.63) is 54.1 Å². The molecule has 1 fully saturated rings. The van der Waals surface area contributed by atoms with Crippen LogP contribution in [0.3, 0.4) is 0 Å². The fourth-order valence-corrected chi connectivity index (χ4v) is 3.05. The van der Waals surface area contributed by atoms with Gasteiger partial charge in [-0.15, -0.1) is 0 Å². The lowest BCUT2D eigenvalue weighted by atomic mass is 10.0. The van der Waals surface area contributed by atoms with E-state index in [1.807, 2.05) is 24.3 Å². The van der Waals surface area contributed by atoms with Crippen LogP contribution < -0.4 is 10.5 Å². The van der Waals surface area contributed by atoms with Crippen molar-refractivity contribution in [2.24, 2.45) is 5.73 Å². The number of rotatable bonds is 6. The van der Waals surface area contributed by atoms with E-state index in [1.54, 1.807) is 0 Å². The van der Waals surface area contributed by atoms with Gasteiger partial charge in [-0.2, -0.15) is 0 Å². The van der Waals surface area contributed by atoms with Crippen LogP contribution in [0, 0.1) is 0 Å². The van der Waals surface area contributed by atoms with Crippen molar-refractivity contribution in [2.45, 2.75) is 13.0 Å². The summed E-state index contributed by atoms with van der Waals surface area (Å²) in [5.41, 5.74) is 8.58. The van der Waals surface area contributed by atoms with Crippen molar-refractivity contribution in [3.63, 3.8) is 0 Å². The van der Waals surface area contributed by atoms with Gasteiger partial charge in [0.2, 0.25) is 0 Å². The average molecular weight is 340 g/mol. The Hall–Kier alpha value is -2.37. The van der Waals surface area contributed by atoms with Crippen LogP contribution in [0.15, 0.2) is 48.5 Å². The fraction of sp³-hybridized carbons (Fsp3) is 0.350. The molecule has 2 N–H and O–H groups in total. The Balaban J connectivity index is 1.71. The second kappa shape index (κ2) is 8.14. The van der Waals surface area contributed by atoms with Gasteiger partial charge in [-0.05, 0) is 35.7 Å². The summed E-state index contributed by atoms with van der Waals surface area (Å²) in [4.78, 5) is 13.3. The molecule has 0 unspecified atom stereocenters. The molecule has 0 radical (unpaired) electrons. The predicted molar refractivity (Wildman–Crippen MR) is 97.4 cm³/mol. The van der Waals surface area contributed by atoms with Gasteiger partial charge in [0.15, 0.2) is 6.61 Å². The second-order valence-electron chi connectivity index (χ2n) is 6.23. The molecule has 5 nitrogen and oxygen atoms in total. The predicted octanol–water partition coefficient (Wildman–Crippen LogP) is 2.61. The maximum absolute atomic E-state index is 10.8. The van der Waals surface area contributed by atoms with Gasteiger partial charge in [-0.25, -0.2) is 0 Å².